The molecule has 0 saturated heterocycles. The molecule has 0 bridgehead atoms. The molecule has 1 N–H and O–H groups in total. The standard InChI is InChI=1S/C13H14O6S/c1-3-19-13(17)12(16)9-5-4-8(6-10(9)18-2)20-7-11(14)15/h4-6H,3,7H2,1-2H3,(H,14,15). The van der Waals surface area contributed by atoms with Crippen molar-refractivity contribution >= 4 is 29.5 Å². The number of ether oxygens (including phenoxy) is 2. The maximum absolute atomic E-state index is 11.8. The van der Waals surface area contributed by atoms with Crippen LogP contribution in [0.25, 0.3) is 0 Å². The Morgan fingerprint density at radius 1 is 1.30 bits per heavy atom. The summed E-state index contributed by atoms with van der Waals surface area (Å²) in [5, 5.41) is 8.61. The van der Waals surface area contributed by atoms with Crippen molar-refractivity contribution < 1.29 is 29.0 Å². The third kappa shape index (κ3) is 4.27. The topological polar surface area (TPSA) is 89.9 Å². The average Bonchev–Trinajstić information content (AvgIpc) is 2.44. The van der Waals surface area contributed by atoms with E-state index in [-0.39, 0.29) is 23.7 Å². The Kier molecular flexibility index (Phi) is 6.05. The van der Waals surface area contributed by atoms with Crippen LogP contribution in [-0.2, 0) is 14.3 Å². The minimum atomic E-state index is -0.947. The molecule has 20 heavy (non-hydrogen) atoms. The molecule has 0 aliphatic heterocycles. The van der Waals surface area contributed by atoms with Crippen molar-refractivity contribution in [2.24, 2.45) is 0 Å². The average molecular weight is 298 g/mol. The van der Waals surface area contributed by atoms with Gasteiger partial charge >= 0.3 is 11.9 Å². The number of Topliss-reactive ketones (excluding diaryl/α,β-unsaturated/α-hetero) is 1. The van der Waals surface area contributed by atoms with Crippen LogP contribution in [0.2, 0.25) is 0 Å². The number of benzene rings is 1. The Labute approximate surface area is 120 Å². The Hall–Kier alpha value is -2.02. The summed E-state index contributed by atoms with van der Waals surface area (Å²) in [5.74, 6) is -2.58. The molecule has 6 nitrogen and oxygen atoms in total. The Morgan fingerprint density at radius 3 is 2.55 bits per heavy atom. The van der Waals surface area contributed by atoms with Crippen LogP contribution in [0.15, 0.2) is 23.1 Å². The highest BCUT2D eigenvalue weighted by Gasteiger charge is 2.21. The van der Waals surface area contributed by atoms with Crippen molar-refractivity contribution in [1.82, 2.24) is 0 Å². The van der Waals surface area contributed by atoms with Gasteiger partial charge in [0, 0.05) is 4.90 Å². The largest absolute Gasteiger partial charge is 0.496 e. The van der Waals surface area contributed by atoms with Gasteiger partial charge in [0.1, 0.15) is 5.75 Å². The minimum absolute atomic E-state index is 0.0885. The first-order valence-corrected chi connectivity index (χ1v) is 6.72. The predicted octanol–water partition coefficient (Wildman–Crippen LogP) is 1.62. The van der Waals surface area contributed by atoms with Gasteiger partial charge in [0.2, 0.25) is 0 Å². The van der Waals surface area contributed by atoms with Gasteiger partial charge < -0.3 is 14.6 Å². The Balaban J connectivity index is 2.95. The van der Waals surface area contributed by atoms with Crippen LogP contribution in [0.1, 0.15) is 17.3 Å². The lowest BCUT2D eigenvalue weighted by Gasteiger charge is -2.09. The van der Waals surface area contributed by atoms with E-state index < -0.39 is 17.7 Å². The van der Waals surface area contributed by atoms with Gasteiger partial charge in [-0.3, -0.25) is 9.59 Å². The van der Waals surface area contributed by atoms with E-state index in [0.29, 0.717) is 4.90 Å². The van der Waals surface area contributed by atoms with Gasteiger partial charge in [-0.25, -0.2) is 4.79 Å². The van der Waals surface area contributed by atoms with Gasteiger partial charge in [0.15, 0.2) is 0 Å². The van der Waals surface area contributed by atoms with Crippen LogP contribution in [0, 0.1) is 0 Å². The molecule has 7 heteroatoms. The molecule has 0 unspecified atom stereocenters. The predicted molar refractivity (Wildman–Crippen MR) is 72.3 cm³/mol. The summed E-state index contributed by atoms with van der Waals surface area (Å²) in [6, 6.07) is 4.49. The van der Waals surface area contributed by atoms with E-state index in [9.17, 15) is 14.4 Å². The fourth-order valence-corrected chi connectivity index (χ4v) is 2.05. The summed E-state index contributed by atoms with van der Waals surface area (Å²) in [4.78, 5) is 34.4. The molecule has 0 radical (unpaired) electrons. The molecule has 0 atom stereocenters. The highest BCUT2D eigenvalue weighted by molar-refractivity contribution is 8.00. The van der Waals surface area contributed by atoms with Gasteiger partial charge in [-0.15, -0.1) is 11.8 Å². The van der Waals surface area contributed by atoms with Crippen LogP contribution >= 0.6 is 11.8 Å². The number of thioether (sulfide) groups is 1. The number of carboxylic acid groups (broad SMARTS) is 1. The molecule has 0 saturated carbocycles. The van der Waals surface area contributed by atoms with E-state index in [2.05, 4.69) is 4.74 Å². The van der Waals surface area contributed by atoms with Crippen LogP contribution < -0.4 is 4.74 Å². The van der Waals surface area contributed by atoms with E-state index in [1.807, 2.05) is 0 Å². The highest BCUT2D eigenvalue weighted by atomic mass is 32.2. The van der Waals surface area contributed by atoms with E-state index >= 15 is 0 Å². The lowest BCUT2D eigenvalue weighted by Crippen LogP contribution is -2.18. The fourth-order valence-electron chi connectivity index (χ4n) is 1.40. The molecule has 0 aromatic heterocycles. The van der Waals surface area contributed by atoms with Gasteiger partial charge in [-0.2, -0.15) is 0 Å². The second kappa shape index (κ2) is 7.54. The van der Waals surface area contributed by atoms with Crippen molar-refractivity contribution in [3.8, 4) is 5.75 Å². The maximum atomic E-state index is 11.8. The van der Waals surface area contributed by atoms with E-state index in [0.717, 1.165) is 11.8 Å². The number of aliphatic carboxylic acids is 1. The maximum Gasteiger partial charge on any atom is 0.379 e. The second-order valence-corrected chi connectivity index (χ2v) is 4.64. The molecule has 1 aromatic rings. The fraction of sp³-hybridized carbons (Fsp3) is 0.308. The molecule has 0 fully saturated rings. The molecular formula is C13H14O6S. The smallest absolute Gasteiger partial charge is 0.379 e. The third-order valence-corrected chi connectivity index (χ3v) is 3.22. The number of carboxylic acids is 1. The molecule has 1 aromatic carbocycles. The van der Waals surface area contributed by atoms with Crippen LogP contribution in [0.5, 0.6) is 5.75 Å². The first-order chi connectivity index (χ1) is 9.49. The Morgan fingerprint density at radius 2 is 2.00 bits per heavy atom. The zero-order valence-electron chi connectivity index (χ0n) is 11.0. The first-order valence-electron chi connectivity index (χ1n) is 5.73. The van der Waals surface area contributed by atoms with Crippen molar-refractivity contribution in [1.29, 1.82) is 0 Å². The van der Waals surface area contributed by atoms with Crippen molar-refractivity contribution in [2.45, 2.75) is 11.8 Å². The summed E-state index contributed by atoms with van der Waals surface area (Å²) in [7, 11) is 1.36. The number of methoxy groups -OCH3 is 1. The molecule has 0 spiro atoms. The molecule has 108 valence electrons. The van der Waals surface area contributed by atoms with Crippen LogP contribution in [-0.4, -0.2) is 42.3 Å². The lowest BCUT2D eigenvalue weighted by molar-refractivity contribution is -0.137. The summed E-state index contributed by atoms with van der Waals surface area (Å²) in [6.07, 6.45) is 0. The Bertz CT molecular complexity index is 526. The van der Waals surface area contributed by atoms with Gasteiger partial charge in [0.25, 0.3) is 5.78 Å². The summed E-state index contributed by atoms with van der Waals surface area (Å²) in [6.45, 7) is 1.72. The first kappa shape index (κ1) is 16.0. The molecular weight excluding hydrogens is 284 g/mol. The van der Waals surface area contributed by atoms with E-state index in [1.165, 1.54) is 19.2 Å². The molecule has 0 heterocycles. The number of hydrogen-bond donors (Lipinski definition) is 1. The number of hydrogen-bond acceptors (Lipinski definition) is 6. The zero-order valence-corrected chi connectivity index (χ0v) is 11.9. The quantitative estimate of drug-likeness (QED) is 0.354. The molecule has 0 amide bonds. The van der Waals surface area contributed by atoms with E-state index in [1.54, 1.807) is 13.0 Å². The zero-order chi connectivity index (χ0) is 15.1. The normalized spacial score (nSPS) is 9.90. The number of carbonyl (C=O) groups is 3. The SMILES string of the molecule is CCOC(=O)C(=O)c1ccc(SCC(=O)O)cc1OC. The number of rotatable bonds is 7. The number of ketones is 1. The number of esters is 1. The molecule has 0 aliphatic rings. The van der Waals surface area contributed by atoms with Crippen LogP contribution in [0.4, 0.5) is 0 Å². The van der Waals surface area contributed by atoms with Gasteiger partial charge in [0.05, 0.1) is 25.0 Å². The lowest BCUT2D eigenvalue weighted by atomic mass is 10.1. The number of carbonyl (C=O) groups excluding carboxylic acids is 2. The summed E-state index contributed by atoms with van der Waals surface area (Å²) < 4.78 is 9.69. The van der Waals surface area contributed by atoms with E-state index in [4.69, 9.17) is 9.84 Å². The summed E-state index contributed by atoms with van der Waals surface area (Å²) >= 11 is 1.09. The second-order valence-electron chi connectivity index (χ2n) is 3.59. The van der Waals surface area contributed by atoms with Crippen molar-refractivity contribution in [3.05, 3.63) is 23.8 Å². The van der Waals surface area contributed by atoms with Crippen molar-refractivity contribution in [3.63, 3.8) is 0 Å². The molecule has 0 aliphatic carbocycles. The van der Waals surface area contributed by atoms with Gasteiger partial charge in [-0.05, 0) is 25.1 Å². The molecule has 1 rings (SSSR count). The minimum Gasteiger partial charge on any atom is -0.496 e. The third-order valence-electron chi connectivity index (χ3n) is 2.24. The van der Waals surface area contributed by atoms with Gasteiger partial charge in [-0.1, -0.05) is 0 Å². The van der Waals surface area contributed by atoms with Crippen molar-refractivity contribution in [2.75, 3.05) is 19.5 Å². The monoisotopic (exact) mass is 298 g/mol. The van der Waals surface area contributed by atoms with Crippen LogP contribution in [0.3, 0.4) is 0 Å². The summed E-state index contributed by atoms with van der Waals surface area (Å²) in [5.41, 5.74) is 0.0885. The highest BCUT2D eigenvalue weighted by Crippen LogP contribution is 2.27.